The predicted octanol–water partition coefficient (Wildman–Crippen LogP) is 4.43. The Labute approximate surface area is 80.6 Å². The highest BCUT2D eigenvalue weighted by Gasteiger charge is 1.94. The van der Waals surface area contributed by atoms with Gasteiger partial charge in [-0.2, -0.15) is 0 Å². The van der Waals surface area contributed by atoms with Crippen molar-refractivity contribution in [1.82, 2.24) is 0 Å². The highest BCUT2D eigenvalue weighted by atomic mass is 35.5. The van der Waals surface area contributed by atoms with Gasteiger partial charge in [0.25, 0.3) is 0 Å². The summed E-state index contributed by atoms with van der Waals surface area (Å²) in [6, 6.07) is 0. The Morgan fingerprint density at radius 3 is 2.67 bits per heavy atom. The molecule has 0 radical (unpaired) electrons. The molecule has 68 valence electrons. The Bertz CT molecular complexity index is 194. The number of hydrogen-bond acceptors (Lipinski definition) is 0. The highest BCUT2D eigenvalue weighted by molar-refractivity contribution is 6.29. The van der Waals surface area contributed by atoms with E-state index in [9.17, 15) is 0 Å². The fraction of sp³-hybridized carbons (Fsp3) is 0.455. The van der Waals surface area contributed by atoms with Crippen molar-refractivity contribution in [3.8, 4) is 0 Å². The van der Waals surface area contributed by atoms with Crippen molar-refractivity contribution in [2.75, 3.05) is 0 Å². The van der Waals surface area contributed by atoms with Crippen LogP contribution in [0.2, 0.25) is 0 Å². The molecule has 0 atom stereocenters. The normalized spacial score (nSPS) is 15.3. The lowest BCUT2D eigenvalue weighted by Crippen LogP contribution is -1.73. The molecule has 0 unspecified atom stereocenters. The minimum Gasteiger partial charge on any atom is -0.0888 e. The first-order valence-electron chi connectivity index (χ1n) is 4.54. The molecule has 0 aromatic carbocycles. The summed E-state index contributed by atoms with van der Waals surface area (Å²) >= 11 is 5.86. The van der Waals surface area contributed by atoms with Gasteiger partial charge < -0.3 is 0 Å². The van der Waals surface area contributed by atoms with Gasteiger partial charge in [0.2, 0.25) is 0 Å². The maximum absolute atomic E-state index is 5.86. The standard InChI is InChI=1S/C9H11Cl.C2H6/c1-2-8-5-3-4-6-9(10)7-8;1-2/h3-5,7H,2,6H2,1H3;1-2H3. The molecule has 0 bridgehead atoms. The second kappa shape index (κ2) is 7.17. The zero-order valence-electron chi connectivity index (χ0n) is 8.10. The van der Waals surface area contributed by atoms with Crippen LogP contribution >= 0.6 is 11.6 Å². The predicted molar refractivity (Wildman–Crippen MR) is 57.4 cm³/mol. The van der Waals surface area contributed by atoms with Gasteiger partial charge >= 0.3 is 0 Å². The summed E-state index contributed by atoms with van der Waals surface area (Å²) in [5.74, 6) is 0. The molecule has 0 fully saturated rings. The van der Waals surface area contributed by atoms with Gasteiger partial charge in [-0.3, -0.25) is 0 Å². The van der Waals surface area contributed by atoms with Crippen molar-refractivity contribution in [2.24, 2.45) is 0 Å². The maximum atomic E-state index is 5.86. The average Bonchev–Trinajstić information content (AvgIpc) is 2.33. The molecule has 0 heterocycles. The van der Waals surface area contributed by atoms with Crippen LogP contribution in [-0.2, 0) is 0 Å². The number of rotatable bonds is 1. The number of hydrogen-bond donors (Lipinski definition) is 0. The molecule has 1 rings (SSSR count). The van der Waals surface area contributed by atoms with Crippen molar-refractivity contribution in [1.29, 1.82) is 0 Å². The Hall–Kier alpha value is -0.490. The molecule has 0 nitrogen and oxygen atoms in total. The van der Waals surface area contributed by atoms with Gasteiger partial charge in [0.05, 0.1) is 0 Å². The maximum Gasteiger partial charge on any atom is 0.0221 e. The molecule has 1 aliphatic rings. The van der Waals surface area contributed by atoms with E-state index in [-0.39, 0.29) is 0 Å². The van der Waals surface area contributed by atoms with Crippen LogP contribution in [0, 0.1) is 0 Å². The Morgan fingerprint density at radius 1 is 1.42 bits per heavy atom. The summed E-state index contributed by atoms with van der Waals surface area (Å²) < 4.78 is 0. The fourth-order valence-corrected chi connectivity index (χ4v) is 1.13. The fourth-order valence-electron chi connectivity index (χ4n) is 0.900. The Balaban J connectivity index is 0.000000561. The smallest absolute Gasteiger partial charge is 0.0221 e. The summed E-state index contributed by atoms with van der Waals surface area (Å²) in [5, 5.41) is 0.932. The van der Waals surface area contributed by atoms with Gasteiger partial charge in [-0.15, -0.1) is 0 Å². The van der Waals surface area contributed by atoms with Gasteiger partial charge in [-0.1, -0.05) is 50.6 Å². The molecule has 1 heteroatoms. The third-order valence-corrected chi connectivity index (χ3v) is 1.77. The Kier molecular flexibility index (Phi) is 6.88. The van der Waals surface area contributed by atoms with Crippen molar-refractivity contribution < 1.29 is 0 Å². The third-order valence-electron chi connectivity index (χ3n) is 1.51. The molecule has 0 aromatic heterocycles. The second-order valence-electron chi connectivity index (χ2n) is 2.32. The average molecular weight is 185 g/mol. The van der Waals surface area contributed by atoms with Crippen LogP contribution in [-0.4, -0.2) is 0 Å². The van der Waals surface area contributed by atoms with E-state index in [1.54, 1.807) is 0 Å². The van der Waals surface area contributed by atoms with E-state index in [0.29, 0.717) is 0 Å². The Morgan fingerprint density at radius 2 is 2.08 bits per heavy atom. The van der Waals surface area contributed by atoms with Gasteiger partial charge in [0, 0.05) is 11.5 Å². The molecule has 0 amide bonds. The lowest BCUT2D eigenvalue weighted by Gasteiger charge is -1.93. The monoisotopic (exact) mass is 184 g/mol. The van der Waals surface area contributed by atoms with E-state index in [1.807, 2.05) is 19.9 Å². The summed E-state index contributed by atoms with van der Waals surface area (Å²) in [4.78, 5) is 0. The van der Waals surface area contributed by atoms with E-state index in [1.165, 1.54) is 5.57 Å². The van der Waals surface area contributed by atoms with E-state index in [4.69, 9.17) is 11.6 Å². The molecule has 0 aliphatic heterocycles. The molecule has 0 saturated carbocycles. The first-order valence-corrected chi connectivity index (χ1v) is 4.92. The van der Waals surface area contributed by atoms with Crippen molar-refractivity contribution in [3.63, 3.8) is 0 Å². The van der Waals surface area contributed by atoms with E-state index in [0.717, 1.165) is 17.9 Å². The molecule has 0 aromatic rings. The molecule has 12 heavy (non-hydrogen) atoms. The third kappa shape index (κ3) is 4.40. The van der Waals surface area contributed by atoms with Crippen molar-refractivity contribution in [3.05, 3.63) is 34.9 Å². The van der Waals surface area contributed by atoms with Crippen LogP contribution in [0.25, 0.3) is 0 Å². The zero-order valence-corrected chi connectivity index (χ0v) is 8.86. The van der Waals surface area contributed by atoms with Crippen LogP contribution < -0.4 is 0 Å². The van der Waals surface area contributed by atoms with Crippen molar-refractivity contribution >= 4 is 11.6 Å². The van der Waals surface area contributed by atoms with Crippen LogP contribution in [0.1, 0.15) is 33.6 Å². The minimum atomic E-state index is 0.877. The van der Waals surface area contributed by atoms with Crippen molar-refractivity contribution in [2.45, 2.75) is 33.6 Å². The van der Waals surface area contributed by atoms with E-state index >= 15 is 0 Å². The quantitative estimate of drug-likeness (QED) is 0.566. The topological polar surface area (TPSA) is 0 Å². The van der Waals surface area contributed by atoms with Crippen LogP contribution in [0.4, 0.5) is 0 Å². The molecule has 0 N–H and O–H groups in total. The number of allylic oxidation sites excluding steroid dienone is 6. The summed E-state index contributed by atoms with van der Waals surface area (Å²) in [6.07, 6.45) is 10.2. The molecule has 1 aliphatic carbocycles. The van der Waals surface area contributed by atoms with Crippen LogP contribution in [0.3, 0.4) is 0 Å². The van der Waals surface area contributed by atoms with Gasteiger partial charge in [-0.25, -0.2) is 0 Å². The lowest BCUT2D eigenvalue weighted by atomic mass is 10.2. The zero-order chi connectivity index (χ0) is 9.40. The highest BCUT2D eigenvalue weighted by Crippen LogP contribution is 2.16. The SMILES string of the molecule is CC.CCC1=CC=CCC(Cl)=C1. The van der Waals surface area contributed by atoms with E-state index in [2.05, 4.69) is 25.2 Å². The van der Waals surface area contributed by atoms with Gasteiger partial charge in [0.15, 0.2) is 0 Å². The summed E-state index contributed by atoms with van der Waals surface area (Å²) in [5.41, 5.74) is 1.30. The first kappa shape index (κ1) is 11.5. The van der Waals surface area contributed by atoms with Crippen LogP contribution in [0.5, 0.6) is 0 Å². The second-order valence-corrected chi connectivity index (χ2v) is 2.80. The summed E-state index contributed by atoms with van der Waals surface area (Å²) in [6.45, 7) is 6.13. The van der Waals surface area contributed by atoms with Gasteiger partial charge in [-0.05, 0) is 18.1 Å². The minimum absolute atomic E-state index is 0.877. The molecule has 0 saturated heterocycles. The number of halogens is 1. The van der Waals surface area contributed by atoms with Crippen LogP contribution in [0.15, 0.2) is 34.9 Å². The molecular formula is C11H17Cl. The first-order chi connectivity index (χ1) is 5.83. The molecule has 0 spiro atoms. The largest absolute Gasteiger partial charge is 0.0888 e. The molecular weight excluding hydrogens is 168 g/mol. The summed E-state index contributed by atoms with van der Waals surface area (Å²) in [7, 11) is 0. The van der Waals surface area contributed by atoms with Gasteiger partial charge in [0.1, 0.15) is 0 Å². The van der Waals surface area contributed by atoms with E-state index < -0.39 is 0 Å². The lowest BCUT2D eigenvalue weighted by molar-refractivity contribution is 1.15.